The number of hydrogen-bond donors (Lipinski definition) is 0. The predicted octanol–water partition coefficient (Wildman–Crippen LogP) is 2.62. The summed E-state index contributed by atoms with van der Waals surface area (Å²) in [6.45, 7) is 4.64. The van der Waals surface area contributed by atoms with Crippen molar-refractivity contribution in [1.29, 1.82) is 0 Å². The minimum Gasteiger partial charge on any atom is -0.420 e. The molecule has 0 bridgehead atoms. The van der Waals surface area contributed by atoms with E-state index in [0.717, 1.165) is 37.0 Å². The number of hydrogen-bond acceptors (Lipinski definition) is 5. The average molecular weight is 312 g/mol. The minimum atomic E-state index is 0.389. The van der Waals surface area contributed by atoms with Crippen molar-refractivity contribution in [3.63, 3.8) is 0 Å². The molecule has 0 amide bonds. The minimum absolute atomic E-state index is 0.389. The summed E-state index contributed by atoms with van der Waals surface area (Å²) < 4.78 is 5.95. The molecule has 2 fully saturated rings. The molecule has 2 aliphatic rings. The van der Waals surface area contributed by atoms with E-state index in [1.54, 1.807) is 0 Å². The van der Waals surface area contributed by atoms with Gasteiger partial charge in [-0.15, -0.1) is 10.2 Å². The van der Waals surface area contributed by atoms with Crippen LogP contribution < -0.4 is 0 Å². The first-order valence-corrected chi connectivity index (χ1v) is 8.61. The van der Waals surface area contributed by atoms with Crippen LogP contribution in [0.25, 0.3) is 11.5 Å². The Bertz CT molecular complexity index is 633. The number of benzene rings is 1. The Morgan fingerprint density at radius 3 is 2.57 bits per heavy atom. The molecule has 0 spiro atoms. The summed E-state index contributed by atoms with van der Waals surface area (Å²) in [7, 11) is 2.21. The summed E-state index contributed by atoms with van der Waals surface area (Å²) in [4.78, 5) is 5.05. The van der Waals surface area contributed by atoms with E-state index >= 15 is 0 Å². The smallest absolute Gasteiger partial charge is 0.247 e. The molecule has 2 aliphatic heterocycles. The number of rotatable bonds is 3. The molecule has 5 heteroatoms. The first-order valence-electron chi connectivity index (χ1n) is 8.61. The molecule has 0 unspecified atom stereocenters. The third-order valence-electron chi connectivity index (χ3n) is 5.23. The number of aromatic nitrogens is 2. The SMILES string of the molecule is CN1CCC(N2CC[C@H](c3nnc(-c4ccccc4)o3)C2)CC1. The standard InChI is InChI=1S/C18H24N4O/c1-21-10-8-16(9-11-21)22-12-7-15(13-22)18-20-19-17(23-18)14-5-3-2-4-6-14/h2-6,15-16H,7-13H2,1H3/t15-/m0/s1. The molecular weight excluding hydrogens is 288 g/mol. The fourth-order valence-corrected chi connectivity index (χ4v) is 3.78. The van der Waals surface area contributed by atoms with E-state index in [1.165, 1.54) is 25.9 Å². The summed E-state index contributed by atoms with van der Waals surface area (Å²) in [5.74, 6) is 1.83. The monoisotopic (exact) mass is 312 g/mol. The van der Waals surface area contributed by atoms with Gasteiger partial charge in [0.1, 0.15) is 0 Å². The third kappa shape index (κ3) is 3.16. The van der Waals surface area contributed by atoms with Crippen molar-refractivity contribution in [2.45, 2.75) is 31.2 Å². The highest BCUT2D eigenvalue weighted by Crippen LogP contribution is 2.31. The number of nitrogens with zero attached hydrogens (tertiary/aromatic N) is 4. The molecule has 1 aromatic carbocycles. The van der Waals surface area contributed by atoms with E-state index in [-0.39, 0.29) is 0 Å². The lowest BCUT2D eigenvalue weighted by Crippen LogP contribution is -2.42. The van der Waals surface area contributed by atoms with Crippen LogP contribution in [0, 0.1) is 0 Å². The van der Waals surface area contributed by atoms with Gasteiger partial charge in [0.25, 0.3) is 0 Å². The van der Waals surface area contributed by atoms with Gasteiger partial charge in [-0.05, 0) is 58.1 Å². The van der Waals surface area contributed by atoms with Gasteiger partial charge in [0.05, 0.1) is 5.92 Å². The molecule has 1 aromatic heterocycles. The third-order valence-corrected chi connectivity index (χ3v) is 5.23. The highest BCUT2D eigenvalue weighted by atomic mass is 16.4. The number of piperidine rings is 1. The van der Waals surface area contributed by atoms with Crippen molar-refractivity contribution in [2.24, 2.45) is 0 Å². The number of likely N-dealkylation sites (tertiary alicyclic amines) is 2. The fourth-order valence-electron chi connectivity index (χ4n) is 3.78. The first kappa shape index (κ1) is 14.8. The maximum absolute atomic E-state index is 5.95. The molecule has 122 valence electrons. The summed E-state index contributed by atoms with van der Waals surface area (Å²) in [5, 5.41) is 8.55. The van der Waals surface area contributed by atoms with Gasteiger partial charge >= 0.3 is 0 Å². The van der Waals surface area contributed by atoms with Crippen LogP contribution in [0.5, 0.6) is 0 Å². The molecule has 0 N–H and O–H groups in total. The van der Waals surface area contributed by atoms with Crippen LogP contribution >= 0.6 is 0 Å². The van der Waals surface area contributed by atoms with Gasteiger partial charge in [0, 0.05) is 18.2 Å². The first-order chi connectivity index (χ1) is 11.3. The van der Waals surface area contributed by atoms with Gasteiger partial charge in [-0.1, -0.05) is 18.2 Å². The molecule has 4 rings (SSSR count). The molecule has 0 radical (unpaired) electrons. The van der Waals surface area contributed by atoms with Crippen molar-refractivity contribution < 1.29 is 4.42 Å². The summed E-state index contributed by atoms with van der Waals surface area (Å²) in [6, 6.07) is 10.7. The van der Waals surface area contributed by atoms with Crippen molar-refractivity contribution in [2.75, 3.05) is 33.2 Å². The van der Waals surface area contributed by atoms with Crippen LogP contribution in [0.1, 0.15) is 31.1 Å². The highest BCUT2D eigenvalue weighted by molar-refractivity contribution is 5.51. The molecule has 1 atom stereocenters. The molecular formula is C18H24N4O. The van der Waals surface area contributed by atoms with Crippen LogP contribution in [0.2, 0.25) is 0 Å². The normalized spacial score (nSPS) is 24.3. The average Bonchev–Trinajstić information content (AvgIpc) is 3.26. The zero-order valence-corrected chi connectivity index (χ0v) is 13.7. The Labute approximate surface area is 137 Å². The summed E-state index contributed by atoms with van der Waals surface area (Å²) in [5.41, 5.74) is 0.997. The van der Waals surface area contributed by atoms with E-state index in [0.29, 0.717) is 11.8 Å². The molecule has 0 aliphatic carbocycles. The Morgan fingerprint density at radius 1 is 1.00 bits per heavy atom. The van der Waals surface area contributed by atoms with E-state index in [9.17, 15) is 0 Å². The largest absolute Gasteiger partial charge is 0.420 e. The van der Waals surface area contributed by atoms with Gasteiger partial charge < -0.3 is 9.32 Å². The topological polar surface area (TPSA) is 45.4 Å². The second-order valence-electron chi connectivity index (χ2n) is 6.83. The van der Waals surface area contributed by atoms with Crippen LogP contribution in [-0.2, 0) is 0 Å². The van der Waals surface area contributed by atoms with Crippen LogP contribution in [0.4, 0.5) is 0 Å². The quantitative estimate of drug-likeness (QED) is 0.872. The molecule has 5 nitrogen and oxygen atoms in total. The van der Waals surface area contributed by atoms with Crippen molar-refractivity contribution in [3.8, 4) is 11.5 Å². The Morgan fingerprint density at radius 2 is 1.78 bits per heavy atom. The fraction of sp³-hybridized carbons (Fsp3) is 0.556. The lowest BCUT2D eigenvalue weighted by molar-refractivity contribution is 0.141. The zero-order valence-electron chi connectivity index (χ0n) is 13.7. The summed E-state index contributed by atoms with van der Waals surface area (Å²) in [6.07, 6.45) is 3.69. The molecule has 0 saturated carbocycles. The van der Waals surface area contributed by atoms with E-state index in [4.69, 9.17) is 4.42 Å². The maximum atomic E-state index is 5.95. The van der Waals surface area contributed by atoms with Crippen LogP contribution in [0.15, 0.2) is 34.7 Å². The predicted molar refractivity (Wildman–Crippen MR) is 89.2 cm³/mol. The van der Waals surface area contributed by atoms with Crippen LogP contribution in [0.3, 0.4) is 0 Å². The molecule has 2 saturated heterocycles. The van der Waals surface area contributed by atoms with Gasteiger partial charge in [0.2, 0.25) is 11.8 Å². The molecule has 2 aromatic rings. The van der Waals surface area contributed by atoms with Gasteiger partial charge in [-0.3, -0.25) is 4.90 Å². The van der Waals surface area contributed by atoms with E-state index < -0.39 is 0 Å². The Kier molecular flexibility index (Phi) is 4.14. The van der Waals surface area contributed by atoms with Crippen molar-refractivity contribution >= 4 is 0 Å². The Hall–Kier alpha value is -1.72. The highest BCUT2D eigenvalue weighted by Gasteiger charge is 2.33. The lowest BCUT2D eigenvalue weighted by atomic mass is 10.0. The van der Waals surface area contributed by atoms with Crippen LogP contribution in [-0.4, -0.2) is 59.3 Å². The summed E-state index contributed by atoms with van der Waals surface area (Å²) >= 11 is 0. The molecule has 23 heavy (non-hydrogen) atoms. The lowest BCUT2D eigenvalue weighted by Gasteiger charge is -2.35. The second-order valence-corrected chi connectivity index (χ2v) is 6.83. The van der Waals surface area contributed by atoms with Gasteiger partial charge in [-0.2, -0.15) is 0 Å². The molecule has 3 heterocycles. The van der Waals surface area contributed by atoms with Crippen molar-refractivity contribution in [1.82, 2.24) is 20.0 Å². The van der Waals surface area contributed by atoms with Crippen molar-refractivity contribution in [3.05, 3.63) is 36.2 Å². The second kappa shape index (κ2) is 6.42. The van der Waals surface area contributed by atoms with Gasteiger partial charge in [-0.25, -0.2) is 0 Å². The van der Waals surface area contributed by atoms with Gasteiger partial charge in [0.15, 0.2) is 0 Å². The Balaban J connectivity index is 1.41. The van der Waals surface area contributed by atoms with E-state index in [2.05, 4.69) is 27.0 Å². The van der Waals surface area contributed by atoms with E-state index in [1.807, 2.05) is 30.3 Å². The zero-order chi connectivity index (χ0) is 15.6. The maximum Gasteiger partial charge on any atom is 0.247 e.